The molecule has 0 atom stereocenters. The molecule has 0 fully saturated rings. The predicted molar refractivity (Wildman–Crippen MR) is 40.0 cm³/mol. The molecule has 0 unspecified atom stereocenters. The number of aromatic amines is 1. The van der Waals surface area contributed by atoms with Gasteiger partial charge in [0.15, 0.2) is 5.71 Å². The van der Waals surface area contributed by atoms with Gasteiger partial charge in [0, 0.05) is 6.20 Å². The summed E-state index contributed by atoms with van der Waals surface area (Å²) in [7, 11) is 0. The molecule has 1 aromatic heterocycles. The second kappa shape index (κ2) is 2.57. The second-order valence-corrected chi connectivity index (χ2v) is 2.22. The van der Waals surface area contributed by atoms with Crippen LogP contribution in [-0.4, -0.2) is 21.8 Å². The Bertz CT molecular complexity index is 301. The SMILES string of the molecule is Cc1cc[nH]c1C(=N)C(=O)O. The van der Waals surface area contributed by atoms with E-state index in [0.29, 0.717) is 5.69 Å². The van der Waals surface area contributed by atoms with Crippen molar-refractivity contribution in [1.29, 1.82) is 5.41 Å². The van der Waals surface area contributed by atoms with E-state index in [9.17, 15) is 4.79 Å². The van der Waals surface area contributed by atoms with Crippen LogP contribution in [0.4, 0.5) is 0 Å². The van der Waals surface area contributed by atoms with Crippen molar-refractivity contribution >= 4 is 11.7 Å². The van der Waals surface area contributed by atoms with E-state index in [1.165, 1.54) is 0 Å². The number of aromatic nitrogens is 1. The monoisotopic (exact) mass is 152 g/mol. The first-order chi connectivity index (χ1) is 5.13. The maximum atomic E-state index is 10.3. The minimum atomic E-state index is -1.21. The van der Waals surface area contributed by atoms with Gasteiger partial charge in [-0.15, -0.1) is 0 Å². The lowest BCUT2D eigenvalue weighted by molar-refractivity contribution is -0.129. The number of carboxylic acids is 1. The molecule has 0 saturated carbocycles. The summed E-state index contributed by atoms with van der Waals surface area (Å²) in [6.45, 7) is 1.75. The highest BCUT2D eigenvalue weighted by molar-refractivity contribution is 6.40. The van der Waals surface area contributed by atoms with E-state index in [-0.39, 0.29) is 0 Å². The number of hydrogen-bond acceptors (Lipinski definition) is 2. The molecule has 58 valence electrons. The van der Waals surface area contributed by atoms with Crippen LogP contribution in [0.3, 0.4) is 0 Å². The van der Waals surface area contributed by atoms with Crippen LogP contribution in [0.25, 0.3) is 0 Å². The Balaban J connectivity index is 3.02. The van der Waals surface area contributed by atoms with Crippen LogP contribution in [0.15, 0.2) is 12.3 Å². The maximum Gasteiger partial charge on any atom is 0.355 e. The van der Waals surface area contributed by atoms with E-state index in [2.05, 4.69) is 4.98 Å². The molecule has 3 N–H and O–H groups in total. The van der Waals surface area contributed by atoms with Crippen molar-refractivity contribution in [3.05, 3.63) is 23.5 Å². The van der Waals surface area contributed by atoms with Crippen LogP contribution in [0.2, 0.25) is 0 Å². The molecule has 0 aromatic carbocycles. The van der Waals surface area contributed by atoms with Crippen molar-refractivity contribution < 1.29 is 9.90 Å². The van der Waals surface area contributed by atoms with E-state index in [1.807, 2.05) is 0 Å². The zero-order chi connectivity index (χ0) is 8.43. The third kappa shape index (κ3) is 1.29. The number of hydrogen-bond donors (Lipinski definition) is 3. The topological polar surface area (TPSA) is 76.9 Å². The summed E-state index contributed by atoms with van der Waals surface area (Å²) in [5, 5.41) is 15.5. The Morgan fingerprint density at radius 3 is 2.73 bits per heavy atom. The molecular weight excluding hydrogens is 144 g/mol. The number of nitrogens with one attached hydrogen (secondary N) is 2. The van der Waals surface area contributed by atoms with E-state index in [0.717, 1.165) is 5.56 Å². The van der Waals surface area contributed by atoms with E-state index in [1.54, 1.807) is 19.2 Å². The fourth-order valence-corrected chi connectivity index (χ4v) is 0.823. The zero-order valence-electron chi connectivity index (χ0n) is 6.01. The average Bonchev–Trinajstić information content (AvgIpc) is 2.33. The second-order valence-electron chi connectivity index (χ2n) is 2.22. The van der Waals surface area contributed by atoms with E-state index < -0.39 is 11.7 Å². The fourth-order valence-electron chi connectivity index (χ4n) is 0.823. The van der Waals surface area contributed by atoms with Gasteiger partial charge >= 0.3 is 5.97 Å². The van der Waals surface area contributed by atoms with Gasteiger partial charge in [-0.2, -0.15) is 0 Å². The van der Waals surface area contributed by atoms with Crippen molar-refractivity contribution in [2.75, 3.05) is 0 Å². The first kappa shape index (κ1) is 7.53. The Kier molecular flexibility index (Phi) is 1.76. The molecule has 0 radical (unpaired) electrons. The van der Waals surface area contributed by atoms with Crippen LogP contribution >= 0.6 is 0 Å². The van der Waals surface area contributed by atoms with Crippen molar-refractivity contribution in [2.45, 2.75) is 6.92 Å². The standard InChI is InChI=1S/C7H8N2O2/c1-4-2-3-9-6(4)5(8)7(10)11/h2-3,8-9H,1H3,(H,10,11). The van der Waals surface area contributed by atoms with Gasteiger partial charge in [0.25, 0.3) is 0 Å². The summed E-state index contributed by atoms with van der Waals surface area (Å²) >= 11 is 0. The van der Waals surface area contributed by atoms with Gasteiger partial charge in [-0.3, -0.25) is 5.41 Å². The molecule has 0 aliphatic rings. The molecule has 0 aliphatic heterocycles. The predicted octanol–water partition coefficient (Wildman–Crippen LogP) is 0.776. The Hall–Kier alpha value is -1.58. The van der Waals surface area contributed by atoms with E-state index in [4.69, 9.17) is 10.5 Å². The van der Waals surface area contributed by atoms with Crippen LogP contribution in [0.5, 0.6) is 0 Å². The number of aryl methyl sites for hydroxylation is 1. The summed E-state index contributed by atoms with van der Waals surface area (Å²) in [4.78, 5) is 13.0. The molecule has 1 aromatic rings. The summed E-state index contributed by atoms with van der Waals surface area (Å²) in [5.74, 6) is -1.21. The molecule has 0 amide bonds. The Morgan fingerprint density at radius 2 is 2.36 bits per heavy atom. The molecule has 0 aliphatic carbocycles. The molecule has 4 nitrogen and oxygen atoms in total. The van der Waals surface area contributed by atoms with Gasteiger partial charge in [-0.05, 0) is 18.6 Å². The summed E-state index contributed by atoms with van der Waals surface area (Å²) in [6.07, 6.45) is 1.61. The number of carboxylic acid groups (broad SMARTS) is 1. The quantitative estimate of drug-likeness (QED) is 0.547. The molecule has 0 bridgehead atoms. The largest absolute Gasteiger partial charge is 0.476 e. The fraction of sp³-hybridized carbons (Fsp3) is 0.143. The van der Waals surface area contributed by atoms with Gasteiger partial charge in [0.1, 0.15) is 0 Å². The third-order valence-electron chi connectivity index (χ3n) is 1.42. The average molecular weight is 152 g/mol. The number of H-pyrrole nitrogens is 1. The number of carbonyl (C=O) groups is 1. The highest BCUT2D eigenvalue weighted by Gasteiger charge is 2.12. The zero-order valence-corrected chi connectivity index (χ0v) is 6.01. The maximum absolute atomic E-state index is 10.3. The Labute approximate surface area is 63.4 Å². The van der Waals surface area contributed by atoms with E-state index >= 15 is 0 Å². The van der Waals surface area contributed by atoms with Crippen LogP contribution in [-0.2, 0) is 4.79 Å². The molecule has 0 saturated heterocycles. The van der Waals surface area contributed by atoms with Crippen LogP contribution in [0, 0.1) is 12.3 Å². The summed E-state index contributed by atoms with van der Waals surface area (Å²) in [5.41, 5.74) is 0.752. The van der Waals surface area contributed by atoms with Crippen molar-refractivity contribution in [3.63, 3.8) is 0 Å². The molecule has 11 heavy (non-hydrogen) atoms. The molecule has 1 rings (SSSR count). The number of aliphatic carboxylic acids is 1. The first-order valence-electron chi connectivity index (χ1n) is 3.09. The highest BCUT2D eigenvalue weighted by Crippen LogP contribution is 2.04. The minimum absolute atomic E-state index is 0.373. The molecule has 1 heterocycles. The smallest absolute Gasteiger partial charge is 0.355 e. The lowest BCUT2D eigenvalue weighted by Gasteiger charge is -1.95. The van der Waals surface area contributed by atoms with Crippen LogP contribution < -0.4 is 0 Å². The van der Waals surface area contributed by atoms with Crippen molar-refractivity contribution in [2.24, 2.45) is 0 Å². The normalized spacial score (nSPS) is 9.55. The van der Waals surface area contributed by atoms with Gasteiger partial charge in [0.2, 0.25) is 0 Å². The van der Waals surface area contributed by atoms with Crippen molar-refractivity contribution in [1.82, 2.24) is 4.98 Å². The minimum Gasteiger partial charge on any atom is -0.476 e. The molecule has 0 spiro atoms. The molecule has 4 heteroatoms. The summed E-state index contributed by atoms with van der Waals surface area (Å²) in [6, 6.07) is 1.73. The highest BCUT2D eigenvalue weighted by atomic mass is 16.4. The lowest BCUT2D eigenvalue weighted by Crippen LogP contribution is -2.14. The van der Waals surface area contributed by atoms with Crippen molar-refractivity contribution in [3.8, 4) is 0 Å². The lowest BCUT2D eigenvalue weighted by atomic mass is 10.2. The van der Waals surface area contributed by atoms with Gasteiger partial charge in [-0.1, -0.05) is 0 Å². The third-order valence-corrected chi connectivity index (χ3v) is 1.42. The van der Waals surface area contributed by atoms with Gasteiger partial charge < -0.3 is 10.1 Å². The number of rotatable bonds is 2. The van der Waals surface area contributed by atoms with Crippen LogP contribution in [0.1, 0.15) is 11.3 Å². The van der Waals surface area contributed by atoms with Gasteiger partial charge in [-0.25, -0.2) is 4.79 Å². The Morgan fingerprint density at radius 1 is 1.73 bits per heavy atom. The molecular formula is C7H8N2O2. The first-order valence-corrected chi connectivity index (χ1v) is 3.09. The summed E-state index contributed by atoms with van der Waals surface area (Å²) < 4.78 is 0. The van der Waals surface area contributed by atoms with Gasteiger partial charge in [0.05, 0.1) is 5.69 Å².